The van der Waals surface area contributed by atoms with Crippen LogP contribution in [0.4, 0.5) is 0 Å². The first-order valence-electron chi connectivity index (χ1n) is 6.71. The van der Waals surface area contributed by atoms with E-state index >= 15 is 0 Å². The quantitative estimate of drug-likeness (QED) is 0.770. The molecule has 3 aliphatic rings. The van der Waals surface area contributed by atoms with Gasteiger partial charge in [0.05, 0.1) is 12.1 Å². The zero-order chi connectivity index (χ0) is 12.0. The number of nitrogens with one attached hydrogen (secondary N) is 1. The summed E-state index contributed by atoms with van der Waals surface area (Å²) in [5.41, 5.74) is 0. The Bertz CT molecular complexity index is 375. The van der Waals surface area contributed by atoms with Crippen molar-refractivity contribution in [2.45, 2.75) is 50.7 Å². The lowest BCUT2D eigenvalue weighted by Crippen LogP contribution is -2.49. The van der Waals surface area contributed by atoms with Gasteiger partial charge >= 0.3 is 0 Å². The van der Waals surface area contributed by atoms with Crippen molar-refractivity contribution in [2.24, 2.45) is 11.8 Å². The molecule has 1 aliphatic carbocycles. The lowest BCUT2D eigenvalue weighted by Gasteiger charge is -2.28. The minimum Gasteiger partial charge on any atom is -0.322 e. The molecule has 0 radical (unpaired) electrons. The van der Waals surface area contributed by atoms with Gasteiger partial charge in [0, 0.05) is 6.04 Å². The number of piperidine rings is 1. The molecule has 1 amide bonds. The Kier molecular flexibility index (Phi) is 2.59. The molecule has 0 bridgehead atoms. The fraction of sp³-hybridized carbons (Fsp3) is 0.846. The molecule has 2 heterocycles. The number of nitrogens with zero attached hydrogens (tertiary/aromatic N) is 2. The Hall–Kier alpha value is -1.08. The van der Waals surface area contributed by atoms with E-state index in [-0.39, 0.29) is 18.0 Å². The first-order chi connectivity index (χ1) is 8.26. The van der Waals surface area contributed by atoms with Gasteiger partial charge in [-0.3, -0.25) is 4.79 Å². The van der Waals surface area contributed by atoms with E-state index in [2.05, 4.69) is 18.3 Å². The van der Waals surface area contributed by atoms with E-state index in [1.165, 1.54) is 0 Å². The molecule has 92 valence electrons. The molecule has 0 spiro atoms. The van der Waals surface area contributed by atoms with Gasteiger partial charge in [0.2, 0.25) is 5.91 Å². The molecule has 2 saturated heterocycles. The molecule has 5 atom stereocenters. The van der Waals surface area contributed by atoms with Crippen molar-refractivity contribution in [1.29, 1.82) is 5.26 Å². The highest BCUT2D eigenvalue weighted by atomic mass is 16.2. The third kappa shape index (κ3) is 1.64. The molecule has 3 fully saturated rings. The molecule has 4 heteroatoms. The number of hydrogen-bond donors (Lipinski definition) is 1. The van der Waals surface area contributed by atoms with E-state index in [1.807, 2.05) is 4.90 Å². The van der Waals surface area contributed by atoms with Crippen molar-refractivity contribution in [3.8, 4) is 6.07 Å². The molecule has 0 aromatic rings. The molecule has 3 rings (SSSR count). The first kappa shape index (κ1) is 11.0. The van der Waals surface area contributed by atoms with Crippen molar-refractivity contribution < 1.29 is 4.79 Å². The largest absolute Gasteiger partial charge is 0.322 e. The lowest BCUT2D eigenvalue weighted by atomic mass is 9.96. The summed E-state index contributed by atoms with van der Waals surface area (Å²) in [6, 6.07) is 2.48. The lowest BCUT2D eigenvalue weighted by molar-refractivity contribution is -0.135. The van der Waals surface area contributed by atoms with Gasteiger partial charge in [0.25, 0.3) is 0 Å². The second-order valence-corrected chi connectivity index (χ2v) is 5.58. The van der Waals surface area contributed by atoms with Gasteiger partial charge in [0.15, 0.2) is 0 Å². The number of likely N-dealkylation sites (tertiary alicyclic amines) is 1. The maximum atomic E-state index is 12.5. The van der Waals surface area contributed by atoms with E-state index in [1.54, 1.807) is 0 Å². The zero-order valence-electron chi connectivity index (χ0n) is 10.2. The Morgan fingerprint density at radius 3 is 3.06 bits per heavy atom. The van der Waals surface area contributed by atoms with Crippen molar-refractivity contribution >= 4 is 5.91 Å². The fourth-order valence-electron chi connectivity index (χ4n) is 3.54. The molecule has 0 aromatic carbocycles. The van der Waals surface area contributed by atoms with E-state index in [0.717, 1.165) is 32.2 Å². The van der Waals surface area contributed by atoms with Gasteiger partial charge in [0.1, 0.15) is 6.04 Å². The molecular weight excluding hydrogens is 214 g/mol. The van der Waals surface area contributed by atoms with Crippen LogP contribution in [0.2, 0.25) is 0 Å². The molecule has 2 aliphatic heterocycles. The smallest absolute Gasteiger partial charge is 0.241 e. The van der Waals surface area contributed by atoms with Gasteiger partial charge in [-0.25, -0.2) is 0 Å². The molecule has 17 heavy (non-hydrogen) atoms. The molecular formula is C13H19N3O. The van der Waals surface area contributed by atoms with E-state index in [9.17, 15) is 4.79 Å². The van der Waals surface area contributed by atoms with E-state index in [4.69, 9.17) is 5.26 Å². The minimum absolute atomic E-state index is 0.0322. The van der Waals surface area contributed by atoms with Crippen LogP contribution in [0, 0.1) is 23.2 Å². The van der Waals surface area contributed by atoms with Crippen LogP contribution in [0.1, 0.15) is 32.6 Å². The highest BCUT2D eigenvalue weighted by Crippen LogP contribution is 2.48. The predicted molar refractivity (Wildman–Crippen MR) is 62.9 cm³/mol. The van der Waals surface area contributed by atoms with Gasteiger partial charge in [-0.05, 0) is 37.6 Å². The monoisotopic (exact) mass is 233 g/mol. The SMILES string of the molecule is CCC1CCNC1C(=O)N1C(C#N)C[C@@H]2C[C@@H]21. The summed E-state index contributed by atoms with van der Waals surface area (Å²) in [5.74, 6) is 1.26. The van der Waals surface area contributed by atoms with Crippen molar-refractivity contribution in [3.63, 3.8) is 0 Å². The van der Waals surface area contributed by atoms with Gasteiger partial charge in [-0.2, -0.15) is 5.26 Å². The highest BCUT2D eigenvalue weighted by molar-refractivity contribution is 5.84. The molecule has 1 saturated carbocycles. The van der Waals surface area contributed by atoms with Crippen LogP contribution in [0.15, 0.2) is 0 Å². The molecule has 0 aromatic heterocycles. The number of carbonyl (C=O) groups excluding carboxylic acids is 1. The molecule has 4 nitrogen and oxygen atoms in total. The maximum Gasteiger partial charge on any atom is 0.241 e. The Balaban J connectivity index is 1.75. The van der Waals surface area contributed by atoms with E-state index < -0.39 is 0 Å². The Morgan fingerprint density at radius 2 is 2.35 bits per heavy atom. The second kappa shape index (κ2) is 3.99. The van der Waals surface area contributed by atoms with Crippen molar-refractivity contribution in [3.05, 3.63) is 0 Å². The van der Waals surface area contributed by atoms with Crippen LogP contribution >= 0.6 is 0 Å². The van der Waals surface area contributed by atoms with Crippen LogP contribution in [0.25, 0.3) is 0 Å². The standard InChI is InChI=1S/C13H19N3O/c1-2-8-3-4-15-12(8)13(17)16-10(7-14)5-9-6-11(9)16/h8-12,15H,2-6H2,1H3/t8?,9-,10?,11+,12?/m1/s1. The van der Waals surface area contributed by atoms with Crippen molar-refractivity contribution in [2.75, 3.05) is 6.54 Å². The average Bonchev–Trinajstić information content (AvgIpc) is 2.82. The summed E-state index contributed by atoms with van der Waals surface area (Å²) in [7, 11) is 0. The molecule has 1 N–H and O–H groups in total. The van der Waals surface area contributed by atoms with Gasteiger partial charge < -0.3 is 10.2 Å². The minimum atomic E-state index is -0.161. The normalized spacial score (nSPS) is 43.3. The molecule has 3 unspecified atom stereocenters. The number of hydrogen-bond acceptors (Lipinski definition) is 3. The Morgan fingerprint density at radius 1 is 1.53 bits per heavy atom. The third-order valence-electron chi connectivity index (χ3n) is 4.65. The summed E-state index contributed by atoms with van der Waals surface area (Å²) < 4.78 is 0. The maximum absolute atomic E-state index is 12.5. The summed E-state index contributed by atoms with van der Waals surface area (Å²) in [5, 5.41) is 12.4. The fourth-order valence-corrected chi connectivity index (χ4v) is 3.54. The average molecular weight is 233 g/mol. The van der Waals surface area contributed by atoms with E-state index in [0.29, 0.717) is 17.9 Å². The zero-order valence-corrected chi connectivity index (χ0v) is 10.2. The van der Waals surface area contributed by atoms with Gasteiger partial charge in [-0.1, -0.05) is 13.3 Å². The summed E-state index contributed by atoms with van der Waals surface area (Å²) >= 11 is 0. The number of carbonyl (C=O) groups is 1. The van der Waals surface area contributed by atoms with Crippen LogP contribution in [0.5, 0.6) is 0 Å². The number of fused-ring (bicyclic) bond motifs is 1. The van der Waals surface area contributed by atoms with Crippen LogP contribution in [-0.2, 0) is 4.79 Å². The van der Waals surface area contributed by atoms with Gasteiger partial charge in [-0.15, -0.1) is 0 Å². The number of nitriles is 1. The Labute approximate surface area is 102 Å². The van der Waals surface area contributed by atoms with Crippen LogP contribution in [0.3, 0.4) is 0 Å². The van der Waals surface area contributed by atoms with Crippen LogP contribution in [-0.4, -0.2) is 35.5 Å². The summed E-state index contributed by atoms with van der Waals surface area (Å²) in [6.45, 7) is 3.08. The summed E-state index contributed by atoms with van der Waals surface area (Å²) in [6.07, 6.45) is 4.15. The highest BCUT2D eigenvalue weighted by Gasteiger charge is 2.55. The topological polar surface area (TPSA) is 56.1 Å². The number of rotatable bonds is 2. The third-order valence-corrected chi connectivity index (χ3v) is 4.65. The first-order valence-corrected chi connectivity index (χ1v) is 6.71. The predicted octanol–water partition coefficient (Wildman–Crippen LogP) is 0.887. The van der Waals surface area contributed by atoms with Crippen LogP contribution < -0.4 is 5.32 Å². The summed E-state index contributed by atoms with van der Waals surface area (Å²) in [4.78, 5) is 14.4. The van der Waals surface area contributed by atoms with Crippen molar-refractivity contribution in [1.82, 2.24) is 10.2 Å². The second-order valence-electron chi connectivity index (χ2n) is 5.58. The number of amides is 1.